The molecule has 0 aliphatic carbocycles. The van der Waals surface area contributed by atoms with Crippen LogP contribution in [0.15, 0.2) is 59.7 Å². The molecule has 3 aromatic carbocycles. The molecule has 0 spiro atoms. The third kappa shape index (κ3) is 6.73. The maximum Gasteiger partial charge on any atom is 0.244 e. The largest absolute Gasteiger partial charge is 0.488 e. The molecular formula is C24H21Cl3N2O2. The van der Waals surface area contributed by atoms with Crippen molar-refractivity contribution in [1.29, 1.82) is 0 Å². The number of hydrazone groups is 1. The molecule has 160 valence electrons. The van der Waals surface area contributed by atoms with Gasteiger partial charge in [0.2, 0.25) is 5.91 Å². The van der Waals surface area contributed by atoms with Crippen molar-refractivity contribution in [3.8, 4) is 5.75 Å². The average Bonchev–Trinajstić information content (AvgIpc) is 2.72. The molecule has 0 heterocycles. The highest BCUT2D eigenvalue weighted by Gasteiger charge is 2.07. The Kier molecular flexibility index (Phi) is 7.97. The van der Waals surface area contributed by atoms with Crippen molar-refractivity contribution in [1.82, 2.24) is 5.43 Å². The topological polar surface area (TPSA) is 50.7 Å². The number of benzene rings is 3. The lowest BCUT2D eigenvalue weighted by Crippen LogP contribution is -2.20. The number of ether oxygens (including phenoxy) is 1. The molecule has 4 nitrogen and oxygen atoms in total. The zero-order valence-electron chi connectivity index (χ0n) is 17.1. The van der Waals surface area contributed by atoms with Gasteiger partial charge in [0, 0.05) is 10.6 Å². The van der Waals surface area contributed by atoms with E-state index in [0.29, 0.717) is 33.0 Å². The first-order valence-electron chi connectivity index (χ1n) is 9.56. The van der Waals surface area contributed by atoms with Crippen LogP contribution in [0.1, 0.15) is 27.8 Å². The van der Waals surface area contributed by atoms with E-state index >= 15 is 0 Å². The standard InChI is InChI=1S/C24H21Cl3N2O2/c1-15-3-5-18(16(2)9-15)12-24(30)29-28-13-19-11-20(25)6-8-23(19)31-14-17-4-7-21(26)22(27)10-17/h3-11,13H,12,14H2,1-2H3,(H,29,30)/b28-13-. The van der Waals surface area contributed by atoms with Crippen molar-refractivity contribution in [2.45, 2.75) is 26.9 Å². The van der Waals surface area contributed by atoms with Crippen LogP contribution in [0.5, 0.6) is 5.75 Å². The SMILES string of the molecule is Cc1ccc(CC(=O)N/N=C\c2cc(Cl)ccc2OCc2ccc(Cl)c(Cl)c2)c(C)c1. The lowest BCUT2D eigenvalue weighted by molar-refractivity contribution is -0.120. The molecule has 0 unspecified atom stereocenters. The van der Waals surface area contributed by atoms with Crippen LogP contribution < -0.4 is 10.2 Å². The number of hydrogen-bond donors (Lipinski definition) is 1. The number of carbonyl (C=O) groups excluding carboxylic acids is 1. The summed E-state index contributed by atoms with van der Waals surface area (Å²) in [5.41, 5.74) is 7.26. The highest BCUT2D eigenvalue weighted by Crippen LogP contribution is 2.25. The average molecular weight is 476 g/mol. The third-order valence-corrected chi connectivity index (χ3v) is 5.57. The molecule has 0 saturated heterocycles. The van der Waals surface area contributed by atoms with Gasteiger partial charge in [0.05, 0.1) is 22.7 Å². The lowest BCUT2D eigenvalue weighted by Gasteiger charge is -2.10. The van der Waals surface area contributed by atoms with E-state index in [1.807, 2.05) is 32.0 Å². The minimum absolute atomic E-state index is 0.205. The van der Waals surface area contributed by atoms with Crippen LogP contribution in [0.3, 0.4) is 0 Å². The molecule has 0 fully saturated rings. The van der Waals surface area contributed by atoms with Crippen LogP contribution >= 0.6 is 34.8 Å². The van der Waals surface area contributed by atoms with Gasteiger partial charge in [-0.3, -0.25) is 4.79 Å². The summed E-state index contributed by atoms with van der Waals surface area (Å²) in [4.78, 5) is 12.3. The molecule has 0 radical (unpaired) electrons. The molecule has 0 saturated carbocycles. The zero-order chi connectivity index (χ0) is 22.4. The number of rotatable bonds is 7. The molecule has 3 rings (SSSR count). The minimum atomic E-state index is -0.205. The van der Waals surface area contributed by atoms with E-state index in [-0.39, 0.29) is 12.3 Å². The summed E-state index contributed by atoms with van der Waals surface area (Å²) >= 11 is 18.1. The Morgan fingerprint density at radius 1 is 1.00 bits per heavy atom. The van der Waals surface area contributed by atoms with Crippen LogP contribution in [0, 0.1) is 13.8 Å². The molecule has 1 amide bonds. The molecule has 3 aromatic rings. The Labute approximate surface area is 196 Å². The van der Waals surface area contributed by atoms with Gasteiger partial charge in [-0.05, 0) is 60.9 Å². The molecular weight excluding hydrogens is 455 g/mol. The number of nitrogens with zero attached hydrogens (tertiary/aromatic N) is 1. The summed E-state index contributed by atoms with van der Waals surface area (Å²) in [5, 5.41) is 5.55. The van der Waals surface area contributed by atoms with Crippen molar-refractivity contribution >= 4 is 46.9 Å². The van der Waals surface area contributed by atoms with E-state index < -0.39 is 0 Å². The molecule has 0 aliphatic heterocycles. The number of nitrogens with one attached hydrogen (secondary N) is 1. The molecule has 31 heavy (non-hydrogen) atoms. The van der Waals surface area contributed by atoms with Gasteiger partial charge in [-0.25, -0.2) is 5.43 Å². The van der Waals surface area contributed by atoms with Crippen LogP contribution in [-0.4, -0.2) is 12.1 Å². The van der Waals surface area contributed by atoms with Crippen LogP contribution in [0.25, 0.3) is 0 Å². The van der Waals surface area contributed by atoms with E-state index in [0.717, 1.165) is 22.3 Å². The predicted octanol–water partition coefficient (Wildman–Crippen LogP) is 6.54. The molecule has 0 bridgehead atoms. The minimum Gasteiger partial charge on any atom is -0.488 e. The number of aryl methyl sites for hydroxylation is 2. The number of amides is 1. The monoisotopic (exact) mass is 474 g/mol. The Morgan fingerprint density at radius 3 is 2.55 bits per heavy atom. The molecule has 1 N–H and O–H groups in total. The number of hydrogen-bond acceptors (Lipinski definition) is 3. The van der Waals surface area contributed by atoms with Gasteiger partial charge in [0.25, 0.3) is 0 Å². The van der Waals surface area contributed by atoms with Gasteiger partial charge in [-0.2, -0.15) is 5.10 Å². The van der Waals surface area contributed by atoms with E-state index in [1.54, 1.807) is 30.3 Å². The number of halogens is 3. The van der Waals surface area contributed by atoms with Gasteiger partial charge in [0.1, 0.15) is 12.4 Å². The van der Waals surface area contributed by atoms with E-state index in [2.05, 4.69) is 16.6 Å². The van der Waals surface area contributed by atoms with Crippen molar-refractivity contribution in [3.05, 3.63) is 97.5 Å². The fraction of sp³-hybridized carbons (Fsp3) is 0.167. The summed E-state index contributed by atoms with van der Waals surface area (Å²) in [6.07, 6.45) is 1.76. The van der Waals surface area contributed by atoms with Gasteiger partial charge in [-0.15, -0.1) is 0 Å². The molecule has 0 atom stereocenters. The highest BCUT2D eigenvalue weighted by atomic mass is 35.5. The van der Waals surface area contributed by atoms with Gasteiger partial charge >= 0.3 is 0 Å². The Bertz CT molecular complexity index is 1130. The second-order valence-electron chi connectivity index (χ2n) is 7.12. The van der Waals surface area contributed by atoms with E-state index in [4.69, 9.17) is 39.5 Å². The second-order valence-corrected chi connectivity index (χ2v) is 8.37. The normalized spacial score (nSPS) is 11.0. The Balaban J connectivity index is 1.64. The summed E-state index contributed by atoms with van der Waals surface area (Å²) in [7, 11) is 0. The fourth-order valence-electron chi connectivity index (χ4n) is 2.97. The molecule has 7 heteroatoms. The van der Waals surface area contributed by atoms with Crippen LogP contribution in [0.4, 0.5) is 0 Å². The van der Waals surface area contributed by atoms with Gasteiger partial charge in [-0.1, -0.05) is 64.6 Å². The van der Waals surface area contributed by atoms with Crippen molar-refractivity contribution in [3.63, 3.8) is 0 Å². The van der Waals surface area contributed by atoms with E-state index in [9.17, 15) is 4.79 Å². The quantitative estimate of drug-likeness (QED) is 0.312. The summed E-state index contributed by atoms with van der Waals surface area (Å²) in [6.45, 7) is 4.30. The molecule has 0 aliphatic rings. The van der Waals surface area contributed by atoms with E-state index in [1.165, 1.54) is 6.21 Å². The number of carbonyl (C=O) groups is 1. The smallest absolute Gasteiger partial charge is 0.244 e. The summed E-state index contributed by atoms with van der Waals surface area (Å²) < 4.78 is 5.89. The zero-order valence-corrected chi connectivity index (χ0v) is 19.4. The van der Waals surface area contributed by atoms with Crippen LogP contribution in [-0.2, 0) is 17.8 Å². The first kappa shape index (κ1) is 23.1. The van der Waals surface area contributed by atoms with Crippen molar-refractivity contribution < 1.29 is 9.53 Å². The van der Waals surface area contributed by atoms with Gasteiger partial charge < -0.3 is 4.74 Å². The highest BCUT2D eigenvalue weighted by molar-refractivity contribution is 6.42. The Hall–Kier alpha value is -2.53. The summed E-state index contributed by atoms with van der Waals surface area (Å²) in [5.74, 6) is 0.367. The third-order valence-electron chi connectivity index (χ3n) is 4.59. The first-order valence-corrected chi connectivity index (χ1v) is 10.7. The van der Waals surface area contributed by atoms with Crippen molar-refractivity contribution in [2.75, 3.05) is 0 Å². The van der Waals surface area contributed by atoms with Crippen molar-refractivity contribution in [2.24, 2.45) is 5.10 Å². The van der Waals surface area contributed by atoms with Gasteiger partial charge in [0.15, 0.2) is 0 Å². The van der Waals surface area contributed by atoms with Crippen LogP contribution in [0.2, 0.25) is 15.1 Å². The Morgan fingerprint density at radius 2 is 1.81 bits per heavy atom. The maximum absolute atomic E-state index is 12.3. The fourth-order valence-corrected chi connectivity index (χ4v) is 3.47. The lowest BCUT2D eigenvalue weighted by atomic mass is 10.0. The first-order chi connectivity index (χ1) is 14.8. The molecule has 0 aromatic heterocycles. The second kappa shape index (κ2) is 10.7. The predicted molar refractivity (Wildman–Crippen MR) is 128 cm³/mol. The summed E-state index contributed by atoms with van der Waals surface area (Å²) in [6, 6.07) is 16.5. The maximum atomic E-state index is 12.3.